The monoisotopic (exact) mass is 300 g/mol. The molecule has 0 radical (unpaired) electrons. The summed E-state index contributed by atoms with van der Waals surface area (Å²) in [6.07, 6.45) is 3.80. The van der Waals surface area contributed by atoms with Crippen LogP contribution in [0.4, 0.5) is 11.4 Å². The zero-order chi connectivity index (χ0) is 16.1. The van der Waals surface area contributed by atoms with Crippen LogP contribution in [-0.4, -0.2) is 24.7 Å². The van der Waals surface area contributed by atoms with Crippen LogP contribution < -0.4 is 16.4 Å². The lowest BCUT2D eigenvalue weighted by Gasteiger charge is -2.16. The largest absolute Gasteiger partial charge is 0.404 e. The molecular formula is C17H24N4O. The fourth-order valence-corrected chi connectivity index (χ4v) is 2.39. The molecule has 118 valence electrons. The molecule has 0 aliphatic carbocycles. The smallest absolute Gasteiger partial charge is 0.226 e. The highest BCUT2D eigenvalue weighted by Crippen LogP contribution is 2.33. The van der Waals surface area contributed by atoms with Crippen molar-refractivity contribution in [3.05, 3.63) is 30.0 Å². The number of carbonyl (C=O) groups excluding carboxylic acids is 1. The number of fused-ring (bicyclic) bond motifs is 1. The maximum absolute atomic E-state index is 11.8. The third-order valence-electron chi connectivity index (χ3n) is 3.41. The first kappa shape index (κ1) is 16.1. The summed E-state index contributed by atoms with van der Waals surface area (Å²) in [5, 5.41) is 6.33. The highest BCUT2D eigenvalue weighted by Gasteiger charge is 2.20. The van der Waals surface area contributed by atoms with Crippen molar-refractivity contribution in [3.8, 4) is 0 Å². The van der Waals surface area contributed by atoms with Crippen LogP contribution >= 0.6 is 0 Å². The number of hydrogen-bond donors (Lipinski definition) is 3. The summed E-state index contributed by atoms with van der Waals surface area (Å²) in [7, 11) is 0. The number of anilines is 2. The molecule has 22 heavy (non-hydrogen) atoms. The molecule has 2 rings (SSSR count). The second-order valence-corrected chi connectivity index (χ2v) is 6.04. The van der Waals surface area contributed by atoms with Crippen LogP contribution in [0.5, 0.6) is 0 Å². The summed E-state index contributed by atoms with van der Waals surface area (Å²) in [5.41, 5.74) is 9.25. The highest BCUT2D eigenvalue weighted by molar-refractivity contribution is 6.13. The second-order valence-electron chi connectivity index (χ2n) is 6.04. The Bertz CT molecular complexity index is 605. The Morgan fingerprint density at radius 2 is 2.27 bits per heavy atom. The van der Waals surface area contributed by atoms with Crippen molar-refractivity contribution >= 4 is 29.1 Å². The van der Waals surface area contributed by atoms with E-state index in [0.717, 1.165) is 29.1 Å². The Labute approximate surface area is 131 Å². The molecule has 1 aromatic carbocycles. The van der Waals surface area contributed by atoms with E-state index in [-0.39, 0.29) is 11.9 Å². The van der Waals surface area contributed by atoms with Gasteiger partial charge in [-0.1, -0.05) is 26.0 Å². The van der Waals surface area contributed by atoms with Gasteiger partial charge < -0.3 is 16.4 Å². The minimum Gasteiger partial charge on any atom is -0.404 e. The van der Waals surface area contributed by atoms with Gasteiger partial charge in [-0.15, -0.1) is 0 Å². The summed E-state index contributed by atoms with van der Waals surface area (Å²) >= 11 is 0. The second kappa shape index (κ2) is 7.11. The quantitative estimate of drug-likeness (QED) is 0.748. The van der Waals surface area contributed by atoms with Crippen LogP contribution in [0, 0.1) is 5.92 Å². The maximum Gasteiger partial charge on any atom is 0.226 e. The maximum atomic E-state index is 11.8. The number of allylic oxidation sites excluding steroid dienone is 1. The molecule has 1 aliphatic rings. The van der Waals surface area contributed by atoms with E-state index in [4.69, 9.17) is 5.73 Å². The van der Waals surface area contributed by atoms with Crippen molar-refractivity contribution in [2.24, 2.45) is 16.6 Å². The third-order valence-corrected chi connectivity index (χ3v) is 3.41. The minimum atomic E-state index is 0.0163. The number of carbonyl (C=O) groups is 1. The van der Waals surface area contributed by atoms with Gasteiger partial charge in [-0.25, -0.2) is 0 Å². The van der Waals surface area contributed by atoms with Gasteiger partial charge in [-0.3, -0.25) is 9.79 Å². The van der Waals surface area contributed by atoms with Gasteiger partial charge in [-0.2, -0.15) is 0 Å². The van der Waals surface area contributed by atoms with E-state index in [1.165, 1.54) is 0 Å². The molecule has 0 saturated carbocycles. The fourth-order valence-electron chi connectivity index (χ4n) is 2.39. The van der Waals surface area contributed by atoms with Gasteiger partial charge in [-0.05, 0) is 18.9 Å². The van der Waals surface area contributed by atoms with E-state index in [0.29, 0.717) is 12.3 Å². The van der Waals surface area contributed by atoms with Crippen LogP contribution in [-0.2, 0) is 4.79 Å². The Balaban J connectivity index is 2.37. The molecule has 0 fully saturated rings. The molecule has 4 N–H and O–H groups in total. The van der Waals surface area contributed by atoms with Gasteiger partial charge in [0.2, 0.25) is 5.91 Å². The average molecular weight is 300 g/mol. The van der Waals surface area contributed by atoms with Crippen molar-refractivity contribution in [1.29, 1.82) is 0 Å². The molecule has 1 atom stereocenters. The zero-order valence-electron chi connectivity index (χ0n) is 13.4. The van der Waals surface area contributed by atoms with Crippen LogP contribution in [0.15, 0.2) is 29.4 Å². The van der Waals surface area contributed by atoms with E-state index < -0.39 is 0 Å². The highest BCUT2D eigenvalue weighted by atomic mass is 16.1. The first-order chi connectivity index (χ1) is 10.5. The van der Waals surface area contributed by atoms with Gasteiger partial charge in [0.25, 0.3) is 0 Å². The van der Waals surface area contributed by atoms with E-state index >= 15 is 0 Å². The summed E-state index contributed by atoms with van der Waals surface area (Å²) in [6, 6.07) is 5.84. The van der Waals surface area contributed by atoms with Gasteiger partial charge >= 0.3 is 0 Å². The van der Waals surface area contributed by atoms with Gasteiger partial charge in [0.15, 0.2) is 0 Å². The number of nitrogens with two attached hydrogens (primary N) is 1. The van der Waals surface area contributed by atoms with E-state index in [9.17, 15) is 4.79 Å². The fraction of sp³-hybridized carbons (Fsp3) is 0.412. The van der Waals surface area contributed by atoms with Gasteiger partial charge in [0.1, 0.15) is 0 Å². The SMILES string of the molecule is CC(C)CN=C/C(=C\N)c1cccc2c1N[C@H](C)CC(=O)N2. The molecule has 5 nitrogen and oxygen atoms in total. The minimum absolute atomic E-state index is 0.0163. The van der Waals surface area contributed by atoms with Gasteiger partial charge in [0.05, 0.1) is 11.4 Å². The zero-order valence-corrected chi connectivity index (χ0v) is 13.4. The number of nitrogens with zero attached hydrogens (tertiary/aromatic N) is 1. The molecule has 1 aliphatic heterocycles. The number of benzene rings is 1. The molecule has 0 bridgehead atoms. The lowest BCUT2D eigenvalue weighted by atomic mass is 10.0. The Morgan fingerprint density at radius 1 is 1.50 bits per heavy atom. The predicted molar refractivity (Wildman–Crippen MR) is 93.1 cm³/mol. The third kappa shape index (κ3) is 3.87. The molecule has 5 heteroatoms. The molecule has 0 spiro atoms. The average Bonchev–Trinajstić information content (AvgIpc) is 2.59. The van der Waals surface area contributed by atoms with E-state index in [2.05, 4.69) is 29.5 Å². The molecular weight excluding hydrogens is 276 g/mol. The molecule has 1 heterocycles. The van der Waals surface area contributed by atoms with E-state index in [1.807, 2.05) is 25.1 Å². The molecule has 0 aromatic heterocycles. The lowest BCUT2D eigenvalue weighted by Crippen LogP contribution is -2.19. The summed E-state index contributed by atoms with van der Waals surface area (Å²) in [4.78, 5) is 16.3. The first-order valence-electron chi connectivity index (χ1n) is 7.62. The number of rotatable bonds is 4. The Morgan fingerprint density at radius 3 is 2.95 bits per heavy atom. The summed E-state index contributed by atoms with van der Waals surface area (Å²) in [5.74, 6) is 0.517. The number of para-hydroxylation sites is 1. The number of aliphatic imine (C=N–C) groups is 1. The van der Waals surface area contributed by atoms with Crippen LogP contribution in [0.2, 0.25) is 0 Å². The Hall–Kier alpha value is -2.30. The van der Waals surface area contributed by atoms with Crippen LogP contribution in [0.25, 0.3) is 5.57 Å². The van der Waals surface area contributed by atoms with Crippen molar-refractivity contribution in [2.75, 3.05) is 17.2 Å². The van der Waals surface area contributed by atoms with Crippen molar-refractivity contribution in [2.45, 2.75) is 33.2 Å². The summed E-state index contributed by atoms with van der Waals surface area (Å²) in [6.45, 7) is 6.99. The van der Waals surface area contributed by atoms with Crippen LogP contribution in [0.3, 0.4) is 0 Å². The molecule has 0 unspecified atom stereocenters. The molecule has 1 amide bonds. The van der Waals surface area contributed by atoms with Crippen molar-refractivity contribution in [3.63, 3.8) is 0 Å². The Kier molecular flexibility index (Phi) is 5.20. The number of nitrogens with one attached hydrogen (secondary N) is 2. The normalized spacial score (nSPS) is 18.8. The topological polar surface area (TPSA) is 79.5 Å². The van der Waals surface area contributed by atoms with E-state index in [1.54, 1.807) is 12.4 Å². The van der Waals surface area contributed by atoms with Crippen molar-refractivity contribution < 1.29 is 4.79 Å². The van der Waals surface area contributed by atoms with Gasteiger partial charge in [0, 0.05) is 42.6 Å². The molecule has 1 aromatic rings. The predicted octanol–water partition coefficient (Wildman–Crippen LogP) is 2.86. The summed E-state index contributed by atoms with van der Waals surface area (Å²) < 4.78 is 0. The first-order valence-corrected chi connectivity index (χ1v) is 7.62. The standard InChI is InChI=1S/C17H24N4O/c1-11(2)9-19-10-13(8-18)14-5-4-6-15-17(14)20-12(3)7-16(22)21-15/h4-6,8,10-12,20H,7,9,18H2,1-3H3,(H,21,22)/b13-8+,19-10?/t12-/m1/s1. The lowest BCUT2D eigenvalue weighted by molar-refractivity contribution is -0.116. The number of amides is 1. The molecule has 0 saturated heterocycles. The number of hydrogen-bond acceptors (Lipinski definition) is 4. The van der Waals surface area contributed by atoms with Crippen LogP contribution in [0.1, 0.15) is 32.8 Å². The van der Waals surface area contributed by atoms with Crippen molar-refractivity contribution in [1.82, 2.24) is 0 Å².